The molecule has 8 nitrogen and oxygen atoms in total. The molecule has 1 aliphatic rings. The summed E-state index contributed by atoms with van der Waals surface area (Å²) in [6, 6.07) is 7.50. The number of hydrazine groups is 1. The number of nitrogens with one attached hydrogen (secondary N) is 2. The predicted octanol–water partition coefficient (Wildman–Crippen LogP) is 3.00. The number of aryl methyl sites for hydroxylation is 3. The maximum absolute atomic E-state index is 13.0. The first-order valence-electron chi connectivity index (χ1n) is 10.4. The summed E-state index contributed by atoms with van der Waals surface area (Å²) in [4.78, 5) is 30.2. The average molecular weight is 422 g/mol. The highest BCUT2D eigenvalue weighted by molar-refractivity contribution is 6.07. The van der Waals surface area contributed by atoms with E-state index < -0.39 is 17.9 Å². The van der Waals surface area contributed by atoms with Crippen LogP contribution in [-0.4, -0.2) is 32.7 Å². The minimum Gasteiger partial charge on any atom is -0.481 e. The van der Waals surface area contributed by atoms with Gasteiger partial charge in [0, 0.05) is 18.7 Å². The van der Waals surface area contributed by atoms with Crippen molar-refractivity contribution in [2.45, 2.75) is 52.6 Å². The Morgan fingerprint density at radius 2 is 1.94 bits per heavy atom. The van der Waals surface area contributed by atoms with E-state index in [0.29, 0.717) is 28.3 Å². The fraction of sp³-hybridized carbons (Fsp3) is 0.391. The number of rotatable bonds is 5. The molecule has 0 saturated heterocycles. The summed E-state index contributed by atoms with van der Waals surface area (Å²) in [5, 5.41) is 5.10. The third-order valence-corrected chi connectivity index (χ3v) is 5.76. The maximum Gasteiger partial charge on any atom is 0.279 e. The molecule has 1 atom stereocenters. The molecule has 1 fully saturated rings. The molecule has 8 heteroatoms. The van der Waals surface area contributed by atoms with E-state index in [1.807, 2.05) is 52.1 Å². The lowest BCUT2D eigenvalue weighted by Gasteiger charge is -2.17. The van der Waals surface area contributed by atoms with Gasteiger partial charge in [-0.15, -0.1) is 0 Å². The molecule has 0 bridgehead atoms. The van der Waals surface area contributed by atoms with Crippen molar-refractivity contribution >= 4 is 22.8 Å². The quantitative estimate of drug-likeness (QED) is 0.617. The van der Waals surface area contributed by atoms with Crippen molar-refractivity contribution in [2.24, 2.45) is 7.05 Å². The van der Waals surface area contributed by atoms with Gasteiger partial charge in [0.2, 0.25) is 0 Å². The largest absolute Gasteiger partial charge is 0.481 e. The Kier molecular flexibility index (Phi) is 5.39. The topological polar surface area (TPSA) is 98.1 Å². The van der Waals surface area contributed by atoms with Crippen molar-refractivity contribution < 1.29 is 14.3 Å². The third-order valence-electron chi connectivity index (χ3n) is 5.76. The molecule has 2 amide bonds. The van der Waals surface area contributed by atoms with E-state index in [1.54, 1.807) is 11.6 Å². The highest BCUT2D eigenvalue weighted by Gasteiger charge is 2.28. The highest BCUT2D eigenvalue weighted by atomic mass is 16.5. The SMILES string of the molecule is Cc1cccc(OC(C)C(=O)NNC(=O)c2cc(C3CC3)nc3c2c(C)nn3C)c1C. The molecular formula is C23H27N5O3. The molecule has 31 heavy (non-hydrogen) atoms. The number of hydrogen-bond acceptors (Lipinski definition) is 5. The van der Waals surface area contributed by atoms with E-state index in [4.69, 9.17) is 9.72 Å². The van der Waals surface area contributed by atoms with Gasteiger partial charge < -0.3 is 4.74 Å². The van der Waals surface area contributed by atoms with Gasteiger partial charge in [0.05, 0.1) is 16.6 Å². The third kappa shape index (κ3) is 4.10. The lowest BCUT2D eigenvalue weighted by molar-refractivity contribution is -0.128. The molecular weight excluding hydrogens is 394 g/mol. The fourth-order valence-electron chi connectivity index (χ4n) is 3.61. The summed E-state index contributed by atoms with van der Waals surface area (Å²) in [5.74, 6) is 0.180. The molecule has 1 unspecified atom stereocenters. The molecule has 2 aromatic heterocycles. The monoisotopic (exact) mass is 421 g/mol. The number of pyridine rings is 1. The van der Waals surface area contributed by atoms with Gasteiger partial charge in [-0.3, -0.25) is 25.1 Å². The second-order valence-electron chi connectivity index (χ2n) is 8.18. The van der Waals surface area contributed by atoms with Gasteiger partial charge in [-0.1, -0.05) is 12.1 Å². The molecule has 1 aliphatic carbocycles. The highest BCUT2D eigenvalue weighted by Crippen LogP contribution is 2.40. The van der Waals surface area contributed by atoms with Crippen LogP contribution in [0.25, 0.3) is 11.0 Å². The van der Waals surface area contributed by atoms with E-state index in [1.165, 1.54) is 0 Å². The van der Waals surface area contributed by atoms with Crippen LogP contribution in [0.5, 0.6) is 5.75 Å². The number of ether oxygens (including phenoxy) is 1. The second kappa shape index (κ2) is 8.02. The first-order valence-corrected chi connectivity index (χ1v) is 10.4. The zero-order chi connectivity index (χ0) is 22.3. The number of aromatic nitrogens is 3. The zero-order valence-corrected chi connectivity index (χ0v) is 18.4. The van der Waals surface area contributed by atoms with Gasteiger partial charge >= 0.3 is 0 Å². The van der Waals surface area contributed by atoms with Crippen LogP contribution in [-0.2, 0) is 11.8 Å². The van der Waals surface area contributed by atoms with E-state index >= 15 is 0 Å². The van der Waals surface area contributed by atoms with Gasteiger partial charge in [-0.05, 0) is 63.8 Å². The van der Waals surface area contributed by atoms with Gasteiger partial charge in [-0.25, -0.2) is 4.98 Å². The van der Waals surface area contributed by atoms with Crippen LogP contribution in [0.15, 0.2) is 24.3 Å². The Hall–Kier alpha value is -3.42. The van der Waals surface area contributed by atoms with Crippen molar-refractivity contribution in [3.63, 3.8) is 0 Å². The summed E-state index contributed by atoms with van der Waals surface area (Å²) >= 11 is 0. The van der Waals surface area contributed by atoms with Crippen molar-refractivity contribution in [1.82, 2.24) is 25.6 Å². The van der Waals surface area contributed by atoms with Gasteiger partial charge in [0.15, 0.2) is 11.8 Å². The van der Waals surface area contributed by atoms with Crippen molar-refractivity contribution in [3.05, 3.63) is 52.3 Å². The van der Waals surface area contributed by atoms with Crippen LogP contribution in [0.2, 0.25) is 0 Å². The van der Waals surface area contributed by atoms with Crippen molar-refractivity contribution in [2.75, 3.05) is 0 Å². The normalized spacial score (nSPS) is 14.4. The van der Waals surface area contributed by atoms with Gasteiger partial charge in [0.1, 0.15) is 5.75 Å². The second-order valence-corrected chi connectivity index (χ2v) is 8.18. The van der Waals surface area contributed by atoms with Crippen molar-refractivity contribution in [3.8, 4) is 5.75 Å². The number of fused-ring (bicyclic) bond motifs is 1. The molecule has 0 radical (unpaired) electrons. The van der Waals surface area contributed by atoms with Crippen LogP contribution in [0.3, 0.4) is 0 Å². The molecule has 0 aliphatic heterocycles. The minimum atomic E-state index is -0.777. The number of carbonyl (C=O) groups is 2. The van der Waals surface area contributed by atoms with Crippen LogP contribution in [0, 0.1) is 20.8 Å². The summed E-state index contributed by atoms with van der Waals surface area (Å²) in [5.41, 5.74) is 9.80. The smallest absolute Gasteiger partial charge is 0.279 e. The Morgan fingerprint density at radius 1 is 1.19 bits per heavy atom. The maximum atomic E-state index is 13.0. The Bertz CT molecular complexity index is 1180. The van der Waals surface area contributed by atoms with Crippen LogP contribution >= 0.6 is 0 Å². The molecule has 0 spiro atoms. The van der Waals surface area contributed by atoms with Crippen LogP contribution in [0.4, 0.5) is 0 Å². The number of nitrogens with zero attached hydrogens (tertiary/aromatic N) is 3. The lowest BCUT2D eigenvalue weighted by Crippen LogP contribution is -2.47. The molecule has 1 saturated carbocycles. The average Bonchev–Trinajstić information content (AvgIpc) is 3.55. The predicted molar refractivity (Wildman–Crippen MR) is 117 cm³/mol. The van der Waals surface area contributed by atoms with Gasteiger partial charge in [-0.2, -0.15) is 5.10 Å². The van der Waals surface area contributed by atoms with E-state index in [2.05, 4.69) is 16.0 Å². The minimum absolute atomic E-state index is 0.381. The summed E-state index contributed by atoms with van der Waals surface area (Å²) in [6.45, 7) is 7.42. The summed E-state index contributed by atoms with van der Waals surface area (Å²) < 4.78 is 7.48. The number of carbonyl (C=O) groups excluding carboxylic acids is 2. The molecule has 162 valence electrons. The van der Waals surface area contributed by atoms with Crippen molar-refractivity contribution in [1.29, 1.82) is 0 Å². The summed E-state index contributed by atoms with van der Waals surface area (Å²) in [7, 11) is 1.81. The standard InChI is InChI=1S/C23H27N5O3/c1-12-7-6-8-19(13(12)2)31-15(4)22(29)25-26-23(30)17-11-18(16-9-10-16)24-21-20(17)14(3)27-28(21)5/h6-8,11,15-16H,9-10H2,1-5H3,(H,25,29)(H,26,30). The molecule has 4 rings (SSSR count). The van der Waals surface area contributed by atoms with E-state index in [9.17, 15) is 9.59 Å². The van der Waals surface area contributed by atoms with E-state index in [0.717, 1.165) is 35.4 Å². The molecule has 1 aromatic carbocycles. The number of hydrogen-bond donors (Lipinski definition) is 2. The van der Waals surface area contributed by atoms with Crippen LogP contribution in [0.1, 0.15) is 58.6 Å². The molecule has 3 aromatic rings. The lowest BCUT2D eigenvalue weighted by atomic mass is 10.1. The van der Waals surface area contributed by atoms with Crippen LogP contribution < -0.4 is 15.6 Å². The Balaban J connectivity index is 1.49. The first-order chi connectivity index (χ1) is 14.8. The fourth-order valence-corrected chi connectivity index (χ4v) is 3.61. The Morgan fingerprint density at radius 3 is 2.65 bits per heavy atom. The number of amides is 2. The first kappa shape index (κ1) is 20.8. The molecule has 2 heterocycles. The molecule has 2 N–H and O–H groups in total. The number of benzene rings is 1. The van der Waals surface area contributed by atoms with E-state index in [-0.39, 0.29) is 0 Å². The van der Waals surface area contributed by atoms with Gasteiger partial charge in [0.25, 0.3) is 11.8 Å². The summed E-state index contributed by atoms with van der Waals surface area (Å²) in [6.07, 6.45) is 1.36. The zero-order valence-electron chi connectivity index (χ0n) is 18.4. The Labute approximate surface area is 181 Å².